The summed E-state index contributed by atoms with van der Waals surface area (Å²) in [6.45, 7) is 15.0. The van der Waals surface area contributed by atoms with Crippen LogP contribution in [0.25, 0.3) is 0 Å². The molecule has 0 unspecified atom stereocenters. The predicted octanol–water partition coefficient (Wildman–Crippen LogP) is 3.13. The van der Waals surface area contributed by atoms with Gasteiger partial charge in [-0.3, -0.25) is 19.2 Å². The van der Waals surface area contributed by atoms with E-state index >= 15 is 4.79 Å². The van der Waals surface area contributed by atoms with Gasteiger partial charge in [-0.05, 0) is 58.1 Å². The molecular formula is C41H61NO15. The summed E-state index contributed by atoms with van der Waals surface area (Å²) < 4.78 is 35.5. The molecule has 2 saturated heterocycles. The number of amides is 1. The number of hydrogen-bond acceptors (Lipinski definition) is 15. The van der Waals surface area contributed by atoms with Crippen molar-refractivity contribution in [1.82, 2.24) is 5.32 Å². The molecule has 3 bridgehead atoms. The zero-order valence-electron chi connectivity index (χ0n) is 34.8. The third-order valence-corrected chi connectivity index (χ3v) is 13.0. The van der Waals surface area contributed by atoms with Gasteiger partial charge in [0.25, 0.3) is 0 Å². The third kappa shape index (κ3) is 8.07. The lowest BCUT2D eigenvalue weighted by Crippen LogP contribution is -2.82. The smallest absolute Gasteiger partial charge is 0.407 e. The van der Waals surface area contributed by atoms with E-state index in [0.717, 1.165) is 6.92 Å². The van der Waals surface area contributed by atoms with Crippen molar-refractivity contribution in [3.8, 4) is 0 Å². The third-order valence-electron chi connectivity index (χ3n) is 13.0. The monoisotopic (exact) mass is 807 g/mol. The summed E-state index contributed by atoms with van der Waals surface area (Å²) in [6.07, 6.45) is -8.38. The van der Waals surface area contributed by atoms with Crippen molar-refractivity contribution >= 4 is 35.8 Å². The molecule has 2 saturated carbocycles. The number of carbonyl (C=O) groups excluding carboxylic acids is 6. The quantitative estimate of drug-likeness (QED) is 0.182. The van der Waals surface area contributed by atoms with Crippen LogP contribution in [0.5, 0.6) is 0 Å². The summed E-state index contributed by atoms with van der Waals surface area (Å²) in [5.41, 5.74) is -8.20. The molecule has 16 nitrogen and oxygen atoms in total. The summed E-state index contributed by atoms with van der Waals surface area (Å²) in [5, 5.41) is 39.6. The molecule has 0 spiro atoms. The standard InChI is InChI=1S/C41H61NO15/c1-20-14-12-11-13-15-24(42-36(50)57-37(5,6)7)30(47)35(49)54-25-18-41(51)34(55-28(46)16-20)32-39(10,26(45)17-27-40(32,19-52-27)56-23(4)44)33(48)31(53-22(3)43)29(21(25)2)38(41,8)9/h20,24-27,30-32,34,45,47,51H,11-19H2,1-10H3,(H,42,50)/t20-,24+,25+,26+,27-,30-,31-,32+,34+,39-,40+,41-/m1/s1. The number of nitrogens with one attached hydrogen (secondary N) is 1. The first kappa shape index (κ1) is 44.5. The summed E-state index contributed by atoms with van der Waals surface area (Å²) in [7, 11) is 0. The minimum Gasteiger partial charge on any atom is -0.459 e. The molecule has 320 valence electrons. The Balaban J connectivity index is 1.75. The Kier molecular flexibility index (Phi) is 12.4. The van der Waals surface area contributed by atoms with E-state index < -0.39 is 118 Å². The number of carbonyl (C=O) groups is 6. The average molecular weight is 808 g/mol. The Morgan fingerprint density at radius 3 is 2.18 bits per heavy atom. The number of fused-ring (bicyclic) bond motifs is 6. The van der Waals surface area contributed by atoms with Crippen LogP contribution in [-0.4, -0.2) is 117 Å². The minimum atomic E-state index is -2.30. The van der Waals surface area contributed by atoms with Gasteiger partial charge in [0.2, 0.25) is 0 Å². The second-order valence-electron chi connectivity index (χ2n) is 18.5. The van der Waals surface area contributed by atoms with Crippen LogP contribution < -0.4 is 5.32 Å². The van der Waals surface area contributed by atoms with Crippen LogP contribution >= 0.6 is 0 Å². The van der Waals surface area contributed by atoms with Crippen molar-refractivity contribution in [1.29, 1.82) is 0 Å². The first-order valence-electron chi connectivity index (χ1n) is 20.0. The van der Waals surface area contributed by atoms with Gasteiger partial charge in [0.05, 0.1) is 30.1 Å². The second kappa shape index (κ2) is 15.9. The fourth-order valence-corrected chi connectivity index (χ4v) is 10.0. The van der Waals surface area contributed by atoms with Gasteiger partial charge in [-0.2, -0.15) is 0 Å². The Labute approximate surface area is 333 Å². The van der Waals surface area contributed by atoms with Crippen molar-refractivity contribution in [2.24, 2.45) is 22.7 Å². The maximum atomic E-state index is 15.3. The number of aliphatic hydroxyl groups is 3. The first-order chi connectivity index (χ1) is 26.3. The number of hydrogen-bond donors (Lipinski definition) is 4. The molecule has 0 radical (unpaired) electrons. The largest absolute Gasteiger partial charge is 0.459 e. The molecule has 16 heteroatoms. The lowest BCUT2D eigenvalue weighted by atomic mass is 9.44. The minimum absolute atomic E-state index is 0.0416. The van der Waals surface area contributed by atoms with Crippen LogP contribution in [0.15, 0.2) is 11.1 Å². The van der Waals surface area contributed by atoms with Crippen molar-refractivity contribution < 1.29 is 72.5 Å². The fraction of sp³-hybridized carbons (Fsp3) is 0.805. The molecule has 4 fully saturated rings. The molecule has 0 aromatic carbocycles. The van der Waals surface area contributed by atoms with E-state index in [0.29, 0.717) is 25.7 Å². The summed E-state index contributed by atoms with van der Waals surface area (Å²) >= 11 is 0. The Hall–Kier alpha value is -3.60. The number of aliphatic hydroxyl groups excluding tert-OH is 2. The topological polar surface area (TPSA) is 231 Å². The Morgan fingerprint density at radius 2 is 1.60 bits per heavy atom. The molecule has 2 aliphatic heterocycles. The highest BCUT2D eigenvalue weighted by Gasteiger charge is 2.78. The van der Waals surface area contributed by atoms with Gasteiger partial charge in [0.1, 0.15) is 29.5 Å². The molecule has 5 rings (SSSR count). The van der Waals surface area contributed by atoms with Crippen LogP contribution in [-0.2, 0) is 52.4 Å². The highest BCUT2D eigenvalue weighted by molar-refractivity contribution is 5.95. The Bertz CT molecular complexity index is 1670. The van der Waals surface area contributed by atoms with E-state index in [9.17, 15) is 39.3 Å². The summed E-state index contributed by atoms with van der Waals surface area (Å²) in [4.78, 5) is 82.1. The molecule has 0 aromatic rings. The van der Waals surface area contributed by atoms with Crippen LogP contribution in [0.2, 0.25) is 0 Å². The lowest BCUT2D eigenvalue weighted by molar-refractivity contribution is -0.347. The van der Waals surface area contributed by atoms with E-state index in [1.165, 1.54) is 13.8 Å². The zero-order chi connectivity index (χ0) is 42.6. The van der Waals surface area contributed by atoms with E-state index in [4.69, 9.17) is 28.4 Å². The highest BCUT2D eigenvalue weighted by Crippen LogP contribution is 2.64. The number of Topliss-reactive ketones (excluding diaryl/α,β-unsaturated/α-hetero) is 1. The van der Waals surface area contributed by atoms with Crippen LogP contribution in [0, 0.1) is 22.7 Å². The summed E-state index contributed by atoms with van der Waals surface area (Å²) in [5.74, 6) is -6.01. The van der Waals surface area contributed by atoms with Gasteiger partial charge in [-0.1, -0.05) is 46.5 Å². The van der Waals surface area contributed by atoms with E-state index in [1.54, 1.807) is 41.5 Å². The molecule has 0 aromatic heterocycles. The second-order valence-corrected chi connectivity index (χ2v) is 18.5. The van der Waals surface area contributed by atoms with Gasteiger partial charge in [0, 0.05) is 38.5 Å². The SMILES string of the molecule is CC(=O)O[C@H]1C(=O)[C@@]2(C)[C@H]([C@@H]3OC(=O)C[C@H](C)CCCCC[C@H](NC(=O)OC(C)(C)C)[C@@H](O)C(=O)O[C@H]4C[C@]3(O)C(C)(C)C1=C4C)[C@]1(OC(C)=O)CO[C@@H]1C[C@@H]2O. The van der Waals surface area contributed by atoms with Crippen molar-refractivity contribution in [2.45, 2.75) is 180 Å². The van der Waals surface area contributed by atoms with Gasteiger partial charge >= 0.3 is 30.0 Å². The lowest BCUT2D eigenvalue weighted by Gasteiger charge is -2.67. The number of esters is 4. The van der Waals surface area contributed by atoms with Crippen molar-refractivity contribution in [3.05, 3.63) is 11.1 Å². The van der Waals surface area contributed by atoms with Crippen LogP contribution in [0.3, 0.4) is 0 Å². The maximum Gasteiger partial charge on any atom is 0.407 e. The van der Waals surface area contributed by atoms with E-state index in [1.807, 2.05) is 6.92 Å². The number of ether oxygens (including phenoxy) is 6. The molecule has 2 heterocycles. The average Bonchev–Trinajstić information content (AvgIpc) is 3.07. The van der Waals surface area contributed by atoms with E-state index in [-0.39, 0.29) is 42.9 Å². The first-order valence-corrected chi connectivity index (χ1v) is 20.0. The van der Waals surface area contributed by atoms with Crippen LogP contribution in [0.1, 0.15) is 121 Å². The molecular weight excluding hydrogens is 746 g/mol. The maximum absolute atomic E-state index is 15.3. The zero-order valence-corrected chi connectivity index (χ0v) is 34.8. The van der Waals surface area contributed by atoms with E-state index in [2.05, 4.69) is 5.32 Å². The number of ketones is 1. The summed E-state index contributed by atoms with van der Waals surface area (Å²) in [6, 6.07) is -1.14. The molecule has 5 aliphatic rings. The molecule has 57 heavy (non-hydrogen) atoms. The number of alkyl carbamates (subject to hydrolysis) is 1. The van der Waals surface area contributed by atoms with Gasteiger partial charge in [-0.25, -0.2) is 9.59 Å². The van der Waals surface area contributed by atoms with Crippen molar-refractivity contribution in [2.75, 3.05) is 6.61 Å². The Morgan fingerprint density at radius 1 is 0.947 bits per heavy atom. The van der Waals surface area contributed by atoms with Crippen LogP contribution in [0.4, 0.5) is 4.79 Å². The molecule has 12 atom stereocenters. The van der Waals surface area contributed by atoms with Gasteiger partial charge in [-0.15, -0.1) is 0 Å². The highest BCUT2D eigenvalue weighted by atomic mass is 16.6. The molecule has 1 amide bonds. The van der Waals surface area contributed by atoms with Gasteiger partial charge < -0.3 is 49.1 Å². The molecule has 4 N–H and O–H groups in total. The normalized spacial score (nSPS) is 40.0. The molecule has 3 aliphatic carbocycles. The van der Waals surface area contributed by atoms with Gasteiger partial charge in [0.15, 0.2) is 23.6 Å². The van der Waals surface area contributed by atoms with Crippen molar-refractivity contribution in [3.63, 3.8) is 0 Å². The fourth-order valence-electron chi connectivity index (χ4n) is 10.0. The predicted molar refractivity (Wildman–Crippen MR) is 199 cm³/mol. The number of rotatable bonds is 3.